The Kier molecular flexibility index (Phi) is 3.58. The summed E-state index contributed by atoms with van der Waals surface area (Å²) in [7, 11) is 3.78. The molecular formula is C16H19NOS. The second-order valence-electron chi connectivity index (χ2n) is 5.07. The van der Waals surface area contributed by atoms with Crippen LogP contribution in [-0.4, -0.2) is 14.2 Å². The number of nitrogens with one attached hydrogen (secondary N) is 1. The van der Waals surface area contributed by atoms with Gasteiger partial charge < -0.3 is 10.1 Å². The van der Waals surface area contributed by atoms with Crippen molar-refractivity contribution in [1.82, 2.24) is 5.32 Å². The molecule has 2 aromatic rings. The molecule has 19 heavy (non-hydrogen) atoms. The average molecular weight is 273 g/mol. The monoisotopic (exact) mass is 273 g/mol. The van der Waals surface area contributed by atoms with Gasteiger partial charge in [-0.05, 0) is 36.9 Å². The minimum atomic E-state index is 0.444. The lowest BCUT2D eigenvalue weighted by Crippen LogP contribution is -2.17. The van der Waals surface area contributed by atoms with E-state index in [0.29, 0.717) is 17.9 Å². The molecule has 100 valence electrons. The number of benzene rings is 1. The number of methoxy groups -OCH3 is 1. The van der Waals surface area contributed by atoms with Gasteiger partial charge >= 0.3 is 0 Å². The Morgan fingerprint density at radius 1 is 1.32 bits per heavy atom. The summed E-state index contributed by atoms with van der Waals surface area (Å²) >= 11 is 1.78. The molecule has 3 atom stereocenters. The van der Waals surface area contributed by atoms with Crippen molar-refractivity contribution < 1.29 is 4.74 Å². The second kappa shape index (κ2) is 5.35. The van der Waals surface area contributed by atoms with E-state index in [1.54, 1.807) is 18.4 Å². The molecule has 3 rings (SSSR count). The molecule has 3 unspecified atom stereocenters. The van der Waals surface area contributed by atoms with Crippen LogP contribution in [0.4, 0.5) is 0 Å². The summed E-state index contributed by atoms with van der Waals surface area (Å²) in [6.07, 6.45) is 1.27. The van der Waals surface area contributed by atoms with Crippen LogP contribution in [0.5, 0.6) is 5.75 Å². The third-order valence-electron chi connectivity index (χ3n) is 3.94. The van der Waals surface area contributed by atoms with Crippen molar-refractivity contribution in [3.8, 4) is 5.75 Å². The molecule has 0 spiro atoms. The van der Waals surface area contributed by atoms with E-state index in [0.717, 1.165) is 5.75 Å². The van der Waals surface area contributed by atoms with E-state index in [1.807, 2.05) is 0 Å². The Labute approximate surface area is 118 Å². The van der Waals surface area contributed by atoms with Gasteiger partial charge in [0.1, 0.15) is 5.75 Å². The molecule has 3 heteroatoms. The van der Waals surface area contributed by atoms with Crippen molar-refractivity contribution in [3.63, 3.8) is 0 Å². The van der Waals surface area contributed by atoms with Crippen molar-refractivity contribution in [1.29, 1.82) is 0 Å². The van der Waals surface area contributed by atoms with Crippen LogP contribution in [0.1, 0.15) is 28.8 Å². The van der Waals surface area contributed by atoms with Crippen molar-refractivity contribution in [3.05, 3.63) is 52.2 Å². The van der Waals surface area contributed by atoms with E-state index in [1.165, 1.54) is 16.9 Å². The van der Waals surface area contributed by atoms with Crippen LogP contribution in [0.25, 0.3) is 0 Å². The Morgan fingerprint density at radius 2 is 2.11 bits per heavy atom. The van der Waals surface area contributed by atoms with E-state index in [-0.39, 0.29) is 0 Å². The summed E-state index contributed by atoms with van der Waals surface area (Å²) in [6, 6.07) is 13.4. The zero-order chi connectivity index (χ0) is 13.2. The molecule has 0 bridgehead atoms. The third-order valence-corrected chi connectivity index (χ3v) is 4.94. The van der Waals surface area contributed by atoms with Gasteiger partial charge in [0.05, 0.1) is 7.11 Å². The van der Waals surface area contributed by atoms with Crippen molar-refractivity contribution >= 4 is 11.3 Å². The summed E-state index contributed by atoms with van der Waals surface area (Å²) < 4.78 is 5.28. The van der Waals surface area contributed by atoms with Crippen LogP contribution in [0.15, 0.2) is 41.8 Å². The maximum Gasteiger partial charge on any atom is 0.129 e. The first-order valence-electron chi connectivity index (χ1n) is 6.68. The second-order valence-corrected chi connectivity index (χ2v) is 6.01. The zero-order valence-corrected chi connectivity index (χ0v) is 12.1. The molecule has 0 saturated heterocycles. The molecule has 0 amide bonds. The lowest BCUT2D eigenvalue weighted by atomic mass is 10.0. The smallest absolute Gasteiger partial charge is 0.129 e. The molecule has 1 aliphatic carbocycles. The molecule has 0 aliphatic heterocycles. The van der Waals surface area contributed by atoms with Crippen LogP contribution in [0.3, 0.4) is 0 Å². The maximum atomic E-state index is 5.28. The van der Waals surface area contributed by atoms with Crippen molar-refractivity contribution in [2.75, 3.05) is 14.2 Å². The Balaban J connectivity index is 1.75. The van der Waals surface area contributed by atoms with E-state index in [9.17, 15) is 0 Å². The van der Waals surface area contributed by atoms with Crippen LogP contribution in [-0.2, 0) is 0 Å². The minimum absolute atomic E-state index is 0.444. The van der Waals surface area contributed by atoms with E-state index < -0.39 is 0 Å². The molecule has 1 saturated carbocycles. The van der Waals surface area contributed by atoms with Gasteiger partial charge in [0.2, 0.25) is 0 Å². The number of hydrogen-bond acceptors (Lipinski definition) is 3. The van der Waals surface area contributed by atoms with Crippen molar-refractivity contribution in [2.24, 2.45) is 5.92 Å². The highest BCUT2D eigenvalue weighted by Crippen LogP contribution is 2.54. The summed E-state index contributed by atoms with van der Waals surface area (Å²) in [5.74, 6) is 2.37. The lowest BCUT2D eigenvalue weighted by Gasteiger charge is -2.14. The van der Waals surface area contributed by atoms with Crippen LogP contribution < -0.4 is 10.1 Å². The quantitative estimate of drug-likeness (QED) is 0.894. The fraction of sp³-hybridized carbons (Fsp3) is 0.375. The molecule has 1 aliphatic rings. The normalized spacial score (nSPS) is 23.1. The average Bonchev–Trinajstić information content (AvgIpc) is 3.10. The predicted molar refractivity (Wildman–Crippen MR) is 80.0 cm³/mol. The molecule has 1 aromatic carbocycles. The van der Waals surface area contributed by atoms with Gasteiger partial charge in [-0.2, -0.15) is 0 Å². The summed E-state index contributed by atoms with van der Waals surface area (Å²) in [5.41, 5.74) is 1.47. The van der Waals surface area contributed by atoms with Crippen LogP contribution in [0.2, 0.25) is 0 Å². The Bertz CT molecular complexity index is 537. The molecule has 1 N–H and O–H groups in total. The van der Waals surface area contributed by atoms with Gasteiger partial charge in [-0.15, -0.1) is 11.3 Å². The lowest BCUT2D eigenvalue weighted by molar-refractivity contribution is 0.415. The van der Waals surface area contributed by atoms with Crippen LogP contribution >= 0.6 is 11.3 Å². The fourth-order valence-electron chi connectivity index (χ4n) is 2.84. The maximum absolute atomic E-state index is 5.28. The number of ether oxygens (including phenoxy) is 1. The SMILES string of the molecule is CNC(c1cc(OC)cs1)C1CC1c1ccccc1. The van der Waals surface area contributed by atoms with Gasteiger partial charge in [-0.25, -0.2) is 0 Å². The largest absolute Gasteiger partial charge is 0.496 e. The molecular weight excluding hydrogens is 254 g/mol. The van der Waals surface area contributed by atoms with E-state index in [4.69, 9.17) is 4.74 Å². The van der Waals surface area contributed by atoms with Gasteiger partial charge in [-0.1, -0.05) is 30.3 Å². The summed E-state index contributed by atoms with van der Waals surface area (Å²) in [6.45, 7) is 0. The van der Waals surface area contributed by atoms with Gasteiger partial charge in [0, 0.05) is 16.3 Å². The van der Waals surface area contributed by atoms with E-state index in [2.05, 4.69) is 54.1 Å². The highest BCUT2D eigenvalue weighted by atomic mass is 32.1. The summed E-state index contributed by atoms with van der Waals surface area (Å²) in [5, 5.41) is 5.56. The molecule has 2 nitrogen and oxygen atoms in total. The van der Waals surface area contributed by atoms with Crippen molar-refractivity contribution in [2.45, 2.75) is 18.4 Å². The first-order valence-corrected chi connectivity index (χ1v) is 7.56. The standard InChI is InChI=1S/C16H19NOS/c1-17-16(15-8-12(18-2)10-19-15)14-9-13(14)11-6-4-3-5-7-11/h3-8,10,13-14,16-17H,9H2,1-2H3. The van der Waals surface area contributed by atoms with Gasteiger partial charge in [0.15, 0.2) is 0 Å². The first-order chi connectivity index (χ1) is 9.33. The number of hydrogen-bond donors (Lipinski definition) is 1. The van der Waals surface area contributed by atoms with Crippen LogP contribution in [0, 0.1) is 5.92 Å². The third kappa shape index (κ3) is 2.53. The fourth-order valence-corrected chi connectivity index (χ4v) is 3.88. The number of rotatable bonds is 5. The Hall–Kier alpha value is -1.32. The highest BCUT2D eigenvalue weighted by Gasteiger charge is 2.44. The molecule has 1 heterocycles. The molecule has 1 fully saturated rings. The first kappa shape index (κ1) is 12.7. The highest BCUT2D eigenvalue weighted by molar-refractivity contribution is 7.10. The van der Waals surface area contributed by atoms with Gasteiger partial charge in [-0.3, -0.25) is 0 Å². The van der Waals surface area contributed by atoms with Gasteiger partial charge in [0.25, 0.3) is 0 Å². The topological polar surface area (TPSA) is 21.3 Å². The minimum Gasteiger partial charge on any atom is -0.496 e. The summed E-state index contributed by atoms with van der Waals surface area (Å²) in [4.78, 5) is 1.38. The Morgan fingerprint density at radius 3 is 2.74 bits per heavy atom. The zero-order valence-electron chi connectivity index (χ0n) is 11.3. The van der Waals surface area contributed by atoms with E-state index >= 15 is 0 Å². The molecule has 0 radical (unpaired) electrons. The number of thiophene rings is 1. The predicted octanol–water partition coefficient (Wildman–Crippen LogP) is 3.82. The molecule has 1 aromatic heterocycles.